The molecule has 0 fully saturated rings. The fourth-order valence-corrected chi connectivity index (χ4v) is 6.65. The molecule has 9 heteroatoms. The number of allylic oxidation sites excluding steroid dienone is 12. The Hall–Kier alpha value is -2.06. The van der Waals surface area contributed by atoms with Gasteiger partial charge in [0, 0.05) is 13.0 Å². The molecule has 0 N–H and O–H groups in total. The van der Waals surface area contributed by atoms with E-state index in [-0.39, 0.29) is 25.8 Å². The van der Waals surface area contributed by atoms with Crippen LogP contribution in [0.2, 0.25) is 0 Å². The highest BCUT2D eigenvalue weighted by atomic mass is 31.2. The zero-order chi connectivity index (χ0) is 42.7. The number of nitrogens with zero attached hydrogens (tertiary/aromatic N) is 1. The SMILES string of the molecule is CC/C=C\C/C=C\C/C=C\C/C=C\C/C=C\CCCCCCCCCC(=O)OC(COCCCCCCCC/C=C\CCCCC)COP(=O)([O-])OCC[N+](C)(C)C. The van der Waals surface area contributed by atoms with Crippen LogP contribution in [0.25, 0.3) is 0 Å². The normalized spacial score (nSPS) is 14.4. The lowest BCUT2D eigenvalue weighted by Gasteiger charge is -2.28. The molecule has 0 radical (unpaired) electrons. The molecular weight excluding hydrogens is 746 g/mol. The van der Waals surface area contributed by atoms with Gasteiger partial charge in [0.2, 0.25) is 0 Å². The Labute approximate surface area is 357 Å². The Balaban J connectivity index is 4.22. The molecule has 0 amide bonds. The molecule has 0 aliphatic heterocycles. The van der Waals surface area contributed by atoms with E-state index in [9.17, 15) is 14.3 Å². The van der Waals surface area contributed by atoms with Crippen LogP contribution in [0.5, 0.6) is 0 Å². The van der Waals surface area contributed by atoms with E-state index >= 15 is 0 Å². The van der Waals surface area contributed by atoms with Gasteiger partial charge < -0.3 is 27.9 Å². The minimum atomic E-state index is -4.53. The molecule has 0 aromatic rings. The number of carbonyl (C=O) groups is 1. The van der Waals surface area contributed by atoms with E-state index in [0.29, 0.717) is 24.1 Å². The molecule has 0 aromatic heterocycles. The fourth-order valence-electron chi connectivity index (χ4n) is 5.92. The summed E-state index contributed by atoms with van der Waals surface area (Å²) in [5.74, 6) is -0.350. The van der Waals surface area contributed by atoms with Crippen molar-refractivity contribution in [3.8, 4) is 0 Å². The molecular formula is C49H88NO7P. The summed E-state index contributed by atoms with van der Waals surface area (Å²) in [4.78, 5) is 25.1. The van der Waals surface area contributed by atoms with Crippen LogP contribution in [0.4, 0.5) is 0 Å². The van der Waals surface area contributed by atoms with Crippen molar-refractivity contribution in [2.75, 3.05) is 54.1 Å². The first-order valence-corrected chi connectivity index (χ1v) is 24.6. The molecule has 8 nitrogen and oxygen atoms in total. The number of hydrogen-bond acceptors (Lipinski definition) is 7. The largest absolute Gasteiger partial charge is 0.756 e. The quantitative estimate of drug-likeness (QED) is 0.0199. The number of carbonyl (C=O) groups excluding carboxylic acids is 1. The summed E-state index contributed by atoms with van der Waals surface area (Å²) >= 11 is 0. The smallest absolute Gasteiger partial charge is 0.306 e. The lowest BCUT2D eigenvalue weighted by atomic mass is 10.1. The number of ether oxygens (including phenoxy) is 2. The monoisotopic (exact) mass is 834 g/mol. The van der Waals surface area contributed by atoms with Gasteiger partial charge in [0.25, 0.3) is 7.82 Å². The first-order chi connectivity index (χ1) is 28.1. The minimum Gasteiger partial charge on any atom is -0.756 e. The van der Waals surface area contributed by atoms with Crippen LogP contribution in [-0.2, 0) is 27.9 Å². The zero-order valence-corrected chi connectivity index (χ0v) is 38.9. The van der Waals surface area contributed by atoms with Crippen LogP contribution in [0, 0.1) is 0 Å². The maximum absolute atomic E-state index is 12.7. The molecule has 0 spiro atoms. The van der Waals surface area contributed by atoms with Crippen molar-refractivity contribution in [2.24, 2.45) is 0 Å². The van der Waals surface area contributed by atoms with Crippen LogP contribution in [0.3, 0.4) is 0 Å². The lowest BCUT2D eigenvalue weighted by Crippen LogP contribution is -2.37. The number of esters is 1. The highest BCUT2D eigenvalue weighted by molar-refractivity contribution is 7.45. The molecule has 2 unspecified atom stereocenters. The molecule has 0 saturated heterocycles. The predicted molar refractivity (Wildman–Crippen MR) is 245 cm³/mol. The van der Waals surface area contributed by atoms with E-state index in [1.165, 1.54) is 77.0 Å². The molecule has 0 rings (SSSR count). The molecule has 336 valence electrons. The van der Waals surface area contributed by atoms with Gasteiger partial charge in [-0.1, -0.05) is 157 Å². The fraction of sp³-hybridized carbons (Fsp3) is 0.735. The Kier molecular flexibility index (Phi) is 40.2. The Morgan fingerprint density at radius 3 is 1.52 bits per heavy atom. The van der Waals surface area contributed by atoms with Crippen LogP contribution in [-0.4, -0.2) is 70.7 Å². The first kappa shape index (κ1) is 55.9. The summed E-state index contributed by atoms with van der Waals surface area (Å²) in [6.45, 7) is 5.24. The van der Waals surface area contributed by atoms with Crippen LogP contribution >= 0.6 is 7.82 Å². The standard InChI is InChI=1S/C49H88NO7P/c1-6-8-10-12-14-16-18-20-21-22-23-24-25-26-27-28-29-30-32-34-36-38-40-42-49(51)57-48(47-56-58(52,53)55-45-43-50(3,4)5)46-54-44-41-39-37-35-33-31-19-17-15-13-11-9-7-2/h8,10,14-17,20-21,23-24,26-27,48H,6-7,9,11-13,18-19,22,25,28-47H2,1-5H3/b10-8-,16-14-,17-15-,21-20-,24-23-,27-26-. The van der Waals surface area contributed by atoms with Crippen LogP contribution < -0.4 is 4.89 Å². The molecule has 0 aliphatic rings. The van der Waals surface area contributed by atoms with Gasteiger partial charge in [-0.2, -0.15) is 0 Å². The van der Waals surface area contributed by atoms with Gasteiger partial charge in [0.1, 0.15) is 19.3 Å². The second-order valence-electron chi connectivity index (χ2n) is 16.4. The second-order valence-corrected chi connectivity index (χ2v) is 17.8. The molecule has 0 bridgehead atoms. The van der Waals surface area contributed by atoms with E-state index in [2.05, 4.69) is 86.8 Å². The topological polar surface area (TPSA) is 94.1 Å². The number of phosphoric ester groups is 1. The molecule has 0 heterocycles. The summed E-state index contributed by atoms with van der Waals surface area (Å²) in [6.07, 6.45) is 53.4. The van der Waals surface area contributed by atoms with Gasteiger partial charge in [-0.3, -0.25) is 9.36 Å². The average molecular weight is 834 g/mol. The highest BCUT2D eigenvalue weighted by Gasteiger charge is 2.20. The number of rotatable bonds is 42. The zero-order valence-electron chi connectivity index (χ0n) is 38.0. The lowest BCUT2D eigenvalue weighted by molar-refractivity contribution is -0.870. The van der Waals surface area contributed by atoms with Crippen molar-refractivity contribution in [1.82, 2.24) is 0 Å². The van der Waals surface area contributed by atoms with Gasteiger partial charge in [-0.25, -0.2) is 0 Å². The molecule has 0 aromatic carbocycles. The second kappa shape index (κ2) is 41.7. The summed E-state index contributed by atoms with van der Waals surface area (Å²) < 4.78 is 34.6. The third kappa shape index (κ3) is 45.0. The van der Waals surface area contributed by atoms with Gasteiger partial charge in [0.05, 0.1) is 34.4 Å². The molecule has 58 heavy (non-hydrogen) atoms. The van der Waals surface area contributed by atoms with Gasteiger partial charge in [0.15, 0.2) is 0 Å². The van der Waals surface area contributed by atoms with Gasteiger partial charge >= 0.3 is 5.97 Å². The van der Waals surface area contributed by atoms with Crippen molar-refractivity contribution < 1.29 is 37.3 Å². The third-order valence-corrected chi connectivity index (χ3v) is 10.5. The summed E-state index contributed by atoms with van der Waals surface area (Å²) in [7, 11) is 1.33. The van der Waals surface area contributed by atoms with Crippen molar-refractivity contribution in [3.63, 3.8) is 0 Å². The average Bonchev–Trinajstić information content (AvgIpc) is 3.18. The van der Waals surface area contributed by atoms with Gasteiger partial charge in [-0.05, 0) is 83.5 Å². The predicted octanol–water partition coefficient (Wildman–Crippen LogP) is 13.3. The Bertz CT molecular complexity index is 1150. The summed E-state index contributed by atoms with van der Waals surface area (Å²) in [5, 5.41) is 0. The van der Waals surface area contributed by atoms with Crippen molar-refractivity contribution in [3.05, 3.63) is 72.9 Å². The van der Waals surface area contributed by atoms with Crippen molar-refractivity contribution in [2.45, 2.75) is 180 Å². The minimum absolute atomic E-state index is 0.0191. The molecule has 0 saturated carbocycles. The number of hydrogen-bond donors (Lipinski definition) is 0. The number of phosphoric acid groups is 1. The van der Waals surface area contributed by atoms with E-state index in [0.717, 1.165) is 77.0 Å². The summed E-state index contributed by atoms with van der Waals surface area (Å²) in [6, 6.07) is 0. The van der Waals surface area contributed by atoms with Crippen LogP contribution in [0.15, 0.2) is 72.9 Å². The van der Waals surface area contributed by atoms with E-state index in [4.69, 9.17) is 18.5 Å². The number of unbranched alkanes of at least 4 members (excludes halogenated alkanes) is 16. The first-order valence-electron chi connectivity index (χ1n) is 23.2. The Morgan fingerprint density at radius 2 is 1.00 bits per heavy atom. The maximum Gasteiger partial charge on any atom is 0.306 e. The maximum atomic E-state index is 12.7. The molecule has 2 atom stereocenters. The van der Waals surface area contributed by atoms with E-state index in [1.54, 1.807) is 0 Å². The van der Waals surface area contributed by atoms with Crippen molar-refractivity contribution >= 4 is 13.8 Å². The third-order valence-electron chi connectivity index (χ3n) is 9.49. The number of quaternary nitrogens is 1. The van der Waals surface area contributed by atoms with E-state index < -0.39 is 13.9 Å². The number of likely N-dealkylation sites (N-methyl/N-ethyl adjacent to an activating group) is 1. The molecule has 0 aliphatic carbocycles. The summed E-state index contributed by atoms with van der Waals surface area (Å²) in [5.41, 5.74) is 0. The van der Waals surface area contributed by atoms with Crippen molar-refractivity contribution in [1.29, 1.82) is 0 Å². The van der Waals surface area contributed by atoms with Crippen LogP contribution in [0.1, 0.15) is 174 Å². The highest BCUT2D eigenvalue weighted by Crippen LogP contribution is 2.38. The Morgan fingerprint density at radius 1 is 0.552 bits per heavy atom. The van der Waals surface area contributed by atoms with Gasteiger partial charge in [-0.15, -0.1) is 0 Å². The van der Waals surface area contributed by atoms with E-state index in [1.807, 2.05) is 21.1 Å².